The highest BCUT2D eigenvalue weighted by Crippen LogP contribution is 2.44. The number of fused-ring (bicyclic) bond motifs is 13. The Morgan fingerprint density at radius 2 is 1.27 bits per heavy atom. The standard InChI is InChI=1S/C46H25N3O2S/c1-4-16-36-34(13-1)41-37(21-20-33-31-12-3-6-18-40(31)52-46(33)41)49(36)28-19-22-39-35(24-28)43-45(51-39)42(47-25-48-43)27-10-7-9-26(23-27)29-14-8-15-32-30-11-2-5-17-38(30)50-44(29)32/h1-25H. The van der Waals surface area contributed by atoms with Crippen molar-refractivity contribution in [1.29, 1.82) is 0 Å². The molecule has 0 atom stereocenters. The summed E-state index contributed by atoms with van der Waals surface area (Å²) < 4.78 is 18.0. The maximum Gasteiger partial charge on any atom is 0.180 e. The number of rotatable bonds is 3. The fourth-order valence-electron chi connectivity index (χ4n) is 8.23. The van der Waals surface area contributed by atoms with Gasteiger partial charge < -0.3 is 13.4 Å². The van der Waals surface area contributed by atoms with Crippen molar-refractivity contribution in [3.63, 3.8) is 0 Å². The Bertz CT molecular complexity index is 3440. The molecule has 0 spiro atoms. The third-order valence-electron chi connectivity index (χ3n) is 10.5. The molecule has 0 unspecified atom stereocenters. The van der Waals surface area contributed by atoms with E-state index in [1.54, 1.807) is 6.33 Å². The first-order valence-electron chi connectivity index (χ1n) is 17.3. The Balaban J connectivity index is 1.03. The average molecular weight is 684 g/mol. The molecule has 0 saturated heterocycles. The molecule has 0 amide bonds. The van der Waals surface area contributed by atoms with Gasteiger partial charge in [0.2, 0.25) is 0 Å². The summed E-state index contributed by atoms with van der Waals surface area (Å²) in [6.45, 7) is 0. The van der Waals surface area contributed by atoms with Crippen molar-refractivity contribution in [2.45, 2.75) is 0 Å². The van der Waals surface area contributed by atoms with Crippen molar-refractivity contribution in [3.8, 4) is 28.1 Å². The van der Waals surface area contributed by atoms with Crippen molar-refractivity contribution in [2.24, 2.45) is 0 Å². The van der Waals surface area contributed by atoms with Crippen LogP contribution in [-0.4, -0.2) is 14.5 Å². The number of para-hydroxylation sites is 3. The van der Waals surface area contributed by atoms with Crippen LogP contribution in [0, 0.1) is 0 Å². The molecule has 52 heavy (non-hydrogen) atoms. The molecular weight excluding hydrogens is 659 g/mol. The lowest BCUT2D eigenvalue weighted by Gasteiger charge is -2.08. The Kier molecular flexibility index (Phi) is 5.59. The Morgan fingerprint density at radius 1 is 0.500 bits per heavy atom. The van der Waals surface area contributed by atoms with Crippen LogP contribution in [-0.2, 0) is 0 Å². The van der Waals surface area contributed by atoms with E-state index in [1.807, 2.05) is 29.5 Å². The molecule has 5 aromatic heterocycles. The van der Waals surface area contributed by atoms with Crippen LogP contribution >= 0.6 is 11.3 Å². The van der Waals surface area contributed by atoms with E-state index in [-0.39, 0.29) is 0 Å². The van der Waals surface area contributed by atoms with Crippen molar-refractivity contribution in [1.82, 2.24) is 14.5 Å². The molecule has 5 heterocycles. The summed E-state index contributed by atoms with van der Waals surface area (Å²) in [5, 5.41) is 8.31. The lowest BCUT2D eigenvalue weighted by Crippen LogP contribution is -1.93. The van der Waals surface area contributed by atoms with Crippen LogP contribution < -0.4 is 0 Å². The second kappa shape index (κ2) is 10.4. The van der Waals surface area contributed by atoms with Gasteiger partial charge in [-0.3, -0.25) is 0 Å². The van der Waals surface area contributed by atoms with E-state index in [0.717, 1.165) is 66.5 Å². The number of furan rings is 2. The lowest BCUT2D eigenvalue weighted by molar-refractivity contribution is 0.667. The highest BCUT2D eigenvalue weighted by Gasteiger charge is 2.20. The topological polar surface area (TPSA) is 57.0 Å². The fraction of sp³-hybridized carbons (Fsp3) is 0. The van der Waals surface area contributed by atoms with E-state index in [9.17, 15) is 0 Å². The minimum atomic E-state index is 0.669. The second-order valence-corrected chi connectivity index (χ2v) is 14.4. The maximum absolute atomic E-state index is 6.58. The molecule has 0 aliphatic rings. The van der Waals surface area contributed by atoms with Crippen molar-refractivity contribution in [3.05, 3.63) is 152 Å². The molecule has 242 valence electrons. The molecule has 6 heteroatoms. The molecule has 0 aliphatic carbocycles. The first kappa shape index (κ1) is 28.0. The van der Waals surface area contributed by atoms with Gasteiger partial charge in [0.25, 0.3) is 0 Å². The SMILES string of the molecule is c1cc(-c2cccc3c2oc2ccccc23)cc(-c2ncnc3c2oc2ccc(-n4c5ccccc5c5c6sc7ccccc7c6ccc54)cc23)c1. The van der Waals surface area contributed by atoms with Crippen LogP contribution in [0.4, 0.5) is 0 Å². The summed E-state index contributed by atoms with van der Waals surface area (Å²) in [7, 11) is 0. The zero-order chi connectivity index (χ0) is 33.9. The van der Waals surface area contributed by atoms with Gasteiger partial charge in [0.05, 0.1) is 11.0 Å². The Labute approximate surface area is 299 Å². The summed E-state index contributed by atoms with van der Waals surface area (Å²) in [6, 6.07) is 51.3. The number of thiophene rings is 1. The maximum atomic E-state index is 6.58. The summed E-state index contributed by atoms with van der Waals surface area (Å²) in [4.78, 5) is 9.56. The normalized spacial score (nSPS) is 12.2. The minimum Gasteiger partial charge on any atom is -0.455 e. The lowest BCUT2D eigenvalue weighted by atomic mass is 9.99. The predicted octanol–water partition coefficient (Wildman–Crippen LogP) is 13.1. The number of hydrogen-bond acceptors (Lipinski definition) is 5. The van der Waals surface area contributed by atoms with Gasteiger partial charge in [-0.15, -0.1) is 11.3 Å². The molecule has 7 aromatic carbocycles. The summed E-state index contributed by atoms with van der Waals surface area (Å²) >= 11 is 1.87. The highest BCUT2D eigenvalue weighted by molar-refractivity contribution is 7.26. The molecule has 5 nitrogen and oxygen atoms in total. The molecule has 0 radical (unpaired) electrons. The predicted molar refractivity (Wildman–Crippen MR) is 215 cm³/mol. The smallest absolute Gasteiger partial charge is 0.180 e. The van der Waals surface area contributed by atoms with E-state index < -0.39 is 0 Å². The van der Waals surface area contributed by atoms with Gasteiger partial charge in [0.15, 0.2) is 5.58 Å². The van der Waals surface area contributed by atoms with Crippen LogP contribution in [0.3, 0.4) is 0 Å². The average Bonchev–Trinajstić information content (AvgIpc) is 3.96. The van der Waals surface area contributed by atoms with Gasteiger partial charge in [-0.05, 0) is 54.1 Å². The first-order valence-corrected chi connectivity index (χ1v) is 18.1. The molecular formula is C46H25N3O2S. The minimum absolute atomic E-state index is 0.669. The largest absolute Gasteiger partial charge is 0.455 e. The van der Waals surface area contributed by atoms with Gasteiger partial charge >= 0.3 is 0 Å². The zero-order valence-electron chi connectivity index (χ0n) is 27.5. The molecule has 12 aromatic rings. The van der Waals surface area contributed by atoms with Gasteiger partial charge in [0, 0.05) is 63.9 Å². The number of hydrogen-bond donors (Lipinski definition) is 0. The number of aromatic nitrogens is 3. The molecule has 0 N–H and O–H groups in total. The highest BCUT2D eigenvalue weighted by atomic mass is 32.1. The van der Waals surface area contributed by atoms with Gasteiger partial charge in [0.1, 0.15) is 34.3 Å². The van der Waals surface area contributed by atoms with E-state index in [0.29, 0.717) is 5.58 Å². The van der Waals surface area contributed by atoms with Gasteiger partial charge in [-0.25, -0.2) is 9.97 Å². The van der Waals surface area contributed by atoms with Gasteiger partial charge in [-0.2, -0.15) is 0 Å². The third-order valence-corrected chi connectivity index (χ3v) is 11.7. The van der Waals surface area contributed by atoms with E-state index >= 15 is 0 Å². The number of nitrogens with zero attached hydrogens (tertiary/aromatic N) is 3. The Morgan fingerprint density at radius 3 is 2.23 bits per heavy atom. The van der Waals surface area contributed by atoms with Gasteiger partial charge in [-0.1, -0.05) is 97.1 Å². The zero-order valence-corrected chi connectivity index (χ0v) is 28.3. The van der Waals surface area contributed by atoms with Crippen molar-refractivity contribution >= 4 is 97.3 Å². The monoisotopic (exact) mass is 683 g/mol. The molecule has 12 rings (SSSR count). The van der Waals surface area contributed by atoms with E-state index in [1.165, 1.54) is 42.0 Å². The number of benzene rings is 7. The van der Waals surface area contributed by atoms with Crippen LogP contribution in [0.2, 0.25) is 0 Å². The van der Waals surface area contributed by atoms with E-state index in [4.69, 9.17) is 18.8 Å². The molecule has 0 fully saturated rings. The van der Waals surface area contributed by atoms with E-state index in [2.05, 4.69) is 132 Å². The molecule has 0 aliphatic heterocycles. The van der Waals surface area contributed by atoms with Crippen LogP contribution in [0.5, 0.6) is 0 Å². The second-order valence-electron chi connectivity index (χ2n) is 13.3. The molecule has 0 saturated carbocycles. The first-order chi connectivity index (χ1) is 25.8. The van der Waals surface area contributed by atoms with Crippen LogP contribution in [0.15, 0.2) is 161 Å². The van der Waals surface area contributed by atoms with Crippen LogP contribution in [0.25, 0.3) is 114 Å². The van der Waals surface area contributed by atoms with Crippen LogP contribution in [0.1, 0.15) is 0 Å². The summed E-state index contributed by atoms with van der Waals surface area (Å²) in [5.41, 5.74) is 11.2. The Hall–Kier alpha value is -6.76. The summed E-state index contributed by atoms with van der Waals surface area (Å²) in [5.74, 6) is 0. The molecule has 0 bridgehead atoms. The van der Waals surface area contributed by atoms with Crippen molar-refractivity contribution in [2.75, 3.05) is 0 Å². The summed E-state index contributed by atoms with van der Waals surface area (Å²) in [6.07, 6.45) is 1.64. The van der Waals surface area contributed by atoms with Crippen molar-refractivity contribution < 1.29 is 8.83 Å². The quantitative estimate of drug-likeness (QED) is 0.186. The third kappa shape index (κ3) is 3.81. The fourth-order valence-corrected chi connectivity index (χ4v) is 9.49.